The molecule has 0 atom stereocenters. The van der Waals surface area contributed by atoms with Crippen molar-refractivity contribution in [3.05, 3.63) is 28.0 Å². The van der Waals surface area contributed by atoms with Crippen LogP contribution in [0, 0.1) is 0 Å². The van der Waals surface area contributed by atoms with Gasteiger partial charge < -0.3 is 4.90 Å². The van der Waals surface area contributed by atoms with Crippen LogP contribution in [0.25, 0.3) is 0 Å². The number of rotatable bonds is 3. The van der Waals surface area contributed by atoms with E-state index in [2.05, 4.69) is 9.71 Å². The van der Waals surface area contributed by atoms with E-state index < -0.39 is 10.0 Å². The highest BCUT2D eigenvalue weighted by atomic mass is 35.5. The third kappa shape index (κ3) is 4.54. The SMILES string of the molecule is O=C(CCc1c(Cl)cncc1Cl)N1CCNS(=O)(=O)CC1. The van der Waals surface area contributed by atoms with Gasteiger partial charge in [-0.05, 0) is 12.0 Å². The van der Waals surface area contributed by atoms with E-state index in [0.717, 1.165) is 0 Å². The van der Waals surface area contributed by atoms with E-state index in [-0.39, 0.29) is 31.2 Å². The fourth-order valence-corrected chi connectivity index (χ4v) is 3.63. The Morgan fingerprint density at radius 3 is 2.62 bits per heavy atom. The maximum absolute atomic E-state index is 12.2. The smallest absolute Gasteiger partial charge is 0.222 e. The first-order valence-electron chi connectivity index (χ1n) is 6.42. The van der Waals surface area contributed by atoms with Crippen LogP contribution < -0.4 is 4.72 Å². The standard InChI is InChI=1S/C12H15Cl2N3O3S/c13-10-7-15-8-11(14)9(10)1-2-12(18)17-4-3-16-21(19,20)6-5-17/h7-8,16H,1-6H2. The Balaban J connectivity index is 1.96. The summed E-state index contributed by atoms with van der Waals surface area (Å²) >= 11 is 12.0. The Morgan fingerprint density at radius 1 is 1.29 bits per heavy atom. The molecular formula is C12H15Cl2N3O3S. The van der Waals surface area contributed by atoms with Gasteiger partial charge in [0.05, 0.1) is 15.8 Å². The average molecular weight is 352 g/mol. The van der Waals surface area contributed by atoms with Gasteiger partial charge in [0, 0.05) is 38.4 Å². The van der Waals surface area contributed by atoms with E-state index in [0.29, 0.717) is 28.6 Å². The largest absolute Gasteiger partial charge is 0.340 e. The number of pyridine rings is 1. The lowest BCUT2D eigenvalue weighted by molar-refractivity contribution is -0.130. The number of carbonyl (C=O) groups is 1. The molecule has 1 saturated heterocycles. The van der Waals surface area contributed by atoms with Crippen molar-refractivity contribution in [2.75, 3.05) is 25.4 Å². The number of hydrogen-bond acceptors (Lipinski definition) is 4. The van der Waals surface area contributed by atoms with Crippen molar-refractivity contribution in [1.82, 2.24) is 14.6 Å². The van der Waals surface area contributed by atoms with Crippen molar-refractivity contribution in [2.24, 2.45) is 0 Å². The molecule has 0 spiro atoms. The summed E-state index contributed by atoms with van der Waals surface area (Å²) in [5.41, 5.74) is 0.683. The number of hydrogen-bond donors (Lipinski definition) is 1. The van der Waals surface area contributed by atoms with Crippen molar-refractivity contribution < 1.29 is 13.2 Å². The minimum atomic E-state index is -3.26. The molecule has 9 heteroatoms. The van der Waals surface area contributed by atoms with Crippen LogP contribution in [0.1, 0.15) is 12.0 Å². The van der Waals surface area contributed by atoms with E-state index in [4.69, 9.17) is 23.2 Å². The highest BCUT2D eigenvalue weighted by molar-refractivity contribution is 7.89. The Morgan fingerprint density at radius 2 is 1.95 bits per heavy atom. The first-order valence-corrected chi connectivity index (χ1v) is 8.83. The van der Waals surface area contributed by atoms with Crippen LogP contribution in [-0.4, -0.2) is 49.6 Å². The van der Waals surface area contributed by atoms with Crippen LogP contribution in [0.15, 0.2) is 12.4 Å². The average Bonchev–Trinajstić information content (AvgIpc) is 2.59. The minimum absolute atomic E-state index is 0.0739. The molecule has 1 fully saturated rings. The monoisotopic (exact) mass is 351 g/mol. The van der Waals surface area contributed by atoms with Crippen molar-refractivity contribution in [1.29, 1.82) is 0 Å². The number of halogens is 2. The van der Waals surface area contributed by atoms with Gasteiger partial charge in [0.2, 0.25) is 15.9 Å². The lowest BCUT2D eigenvalue weighted by Gasteiger charge is -2.19. The molecule has 6 nitrogen and oxygen atoms in total. The molecule has 0 unspecified atom stereocenters. The summed E-state index contributed by atoms with van der Waals surface area (Å²) in [5, 5.41) is 0.853. The third-order valence-corrected chi connectivity index (χ3v) is 5.24. The van der Waals surface area contributed by atoms with Gasteiger partial charge in [-0.25, -0.2) is 13.1 Å². The Bertz CT molecular complexity index is 616. The molecule has 1 amide bonds. The van der Waals surface area contributed by atoms with Crippen LogP contribution in [0.5, 0.6) is 0 Å². The molecule has 1 aromatic rings. The lowest BCUT2D eigenvalue weighted by atomic mass is 10.1. The van der Waals surface area contributed by atoms with Crippen LogP contribution in [0.2, 0.25) is 10.0 Å². The summed E-state index contributed by atoms with van der Waals surface area (Å²) < 4.78 is 25.3. The topological polar surface area (TPSA) is 79.4 Å². The summed E-state index contributed by atoms with van der Waals surface area (Å²) in [4.78, 5) is 17.6. The summed E-state index contributed by atoms with van der Waals surface area (Å²) in [6.45, 7) is 0.812. The number of nitrogens with zero attached hydrogens (tertiary/aromatic N) is 2. The van der Waals surface area contributed by atoms with Gasteiger partial charge in [0.1, 0.15) is 0 Å². The van der Waals surface area contributed by atoms with Crippen LogP contribution in [0.3, 0.4) is 0 Å². The van der Waals surface area contributed by atoms with Gasteiger partial charge in [0.25, 0.3) is 0 Å². The molecule has 1 aromatic heterocycles. The number of aromatic nitrogens is 1. The second-order valence-corrected chi connectivity index (χ2v) is 7.42. The number of amides is 1. The van der Waals surface area contributed by atoms with Crippen LogP contribution in [-0.2, 0) is 21.2 Å². The lowest BCUT2D eigenvalue weighted by Crippen LogP contribution is -2.35. The molecule has 0 radical (unpaired) electrons. The number of nitrogens with one attached hydrogen (secondary N) is 1. The zero-order valence-electron chi connectivity index (χ0n) is 11.2. The zero-order valence-corrected chi connectivity index (χ0v) is 13.5. The van der Waals surface area contributed by atoms with Crippen molar-refractivity contribution in [3.63, 3.8) is 0 Å². The third-order valence-electron chi connectivity index (χ3n) is 3.23. The van der Waals surface area contributed by atoms with Gasteiger partial charge in [-0.2, -0.15) is 0 Å². The molecule has 1 aliphatic heterocycles. The van der Waals surface area contributed by atoms with E-state index in [1.165, 1.54) is 12.4 Å². The predicted octanol–water partition coefficient (Wildman–Crippen LogP) is 1.08. The first kappa shape index (κ1) is 16.5. The maximum atomic E-state index is 12.2. The fourth-order valence-electron chi connectivity index (χ4n) is 2.07. The normalized spacial score (nSPS) is 18.3. The molecule has 21 heavy (non-hydrogen) atoms. The summed E-state index contributed by atoms with van der Waals surface area (Å²) in [7, 11) is -3.26. The van der Waals surface area contributed by atoms with Gasteiger partial charge in [-0.1, -0.05) is 23.2 Å². The van der Waals surface area contributed by atoms with Crippen LogP contribution >= 0.6 is 23.2 Å². The Kier molecular flexibility index (Phi) is 5.43. The Hall–Kier alpha value is -0.890. The highest BCUT2D eigenvalue weighted by Crippen LogP contribution is 2.24. The molecule has 0 aromatic carbocycles. The summed E-state index contributed by atoms with van der Waals surface area (Å²) in [6, 6.07) is 0. The zero-order chi connectivity index (χ0) is 15.5. The van der Waals surface area contributed by atoms with Crippen LogP contribution in [0.4, 0.5) is 0 Å². The Labute approximate surface area is 133 Å². The highest BCUT2D eigenvalue weighted by Gasteiger charge is 2.22. The molecule has 0 saturated carbocycles. The summed E-state index contributed by atoms with van der Waals surface area (Å²) in [5.74, 6) is -0.187. The predicted molar refractivity (Wildman–Crippen MR) is 80.9 cm³/mol. The molecule has 1 N–H and O–H groups in total. The van der Waals surface area contributed by atoms with Crippen molar-refractivity contribution >= 4 is 39.1 Å². The second-order valence-electron chi connectivity index (χ2n) is 4.68. The van der Waals surface area contributed by atoms with Gasteiger partial charge in [-0.15, -0.1) is 0 Å². The van der Waals surface area contributed by atoms with Crippen molar-refractivity contribution in [3.8, 4) is 0 Å². The molecule has 2 heterocycles. The van der Waals surface area contributed by atoms with E-state index in [9.17, 15) is 13.2 Å². The number of sulfonamides is 1. The molecule has 1 aliphatic rings. The maximum Gasteiger partial charge on any atom is 0.222 e. The molecule has 2 rings (SSSR count). The van der Waals surface area contributed by atoms with Crippen molar-refractivity contribution in [2.45, 2.75) is 12.8 Å². The molecule has 0 bridgehead atoms. The van der Waals surface area contributed by atoms with E-state index in [1.54, 1.807) is 4.90 Å². The first-order chi connectivity index (χ1) is 9.89. The quantitative estimate of drug-likeness (QED) is 0.883. The van der Waals surface area contributed by atoms with Gasteiger partial charge in [0.15, 0.2) is 0 Å². The number of carbonyl (C=O) groups excluding carboxylic acids is 1. The molecule has 116 valence electrons. The fraction of sp³-hybridized carbons (Fsp3) is 0.500. The van der Waals surface area contributed by atoms with E-state index in [1.807, 2.05) is 0 Å². The van der Waals surface area contributed by atoms with E-state index >= 15 is 0 Å². The second kappa shape index (κ2) is 6.91. The molecule has 0 aliphatic carbocycles. The summed E-state index contributed by atoms with van der Waals surface area (Å²) in [6.07, 6.45) is 3.59. The molecular weight excluding hydrogens is 337 g/mol. The van der Waals surface area contributed by atoms with Gasteiger partial charge in [-0.3, -0.25) is 9.78 Å². The minimum Gasteiger partial charge on any atom is -0.340 e. The van der Waals surface area contributed by atoms with Gasteiger partial charge >= 0.3 is 0 Å².